The highest BCUT2D eigenvalue weighted by Gasteiger charge is 2.15. The summed E-state index contributed by atoms with van der Waals surface area (Å²) in [6.45, 7) is 2.57. The number of likely N-dealkylation sites (N-methyl/N-ethyl adjacent to an activating group) is 1. The quantitative estimate of drug-likeness (QED) is 0.680. The van der Waals surface area contributed by atoms with Crippen LogP contribution in [0.3, 0.4) is 0 Å². The molecule has 0 unspecified atom stereocenters. The fourth-order valence-corrected chi connectivity index (χ4v) is 1.76. The molecule has 1 aromatic rings. The molecule has 1 rings (SSSR count). The molecule has 0 aliphatic rings. The van der Waals surface area contributed by atoms with E-state index in [0.717, 1.165) is 0 Å². The maximum absolute atomic E-state index is 12.1. The molecule has 0 atom stereocenters. The predicted octanol–water partition coefficient (Wildman–Crippen LogP) is 1.49. The lowest BCUT2D eigenvalue weighted by Gasteiger charge is -2.20. The van der Waals surface area contributed by atoms with Crippen LogP contribution in [0.1, 0.15) is 13.3 Å². The number of methoxy groups -OCH3 is 2. The van der Waals surface area contributed by atoms with Crippen LogP contribution >= 0.6 is 0 Å². The largest absolute Gasteiger partial charge is 0.493 e. The van der Waals surface area contributed by atoms with E-state index in [1.165, 1.54) is 7.11 Å². The fraction of sp³-hybridized carbons (Fsp3) is 0.467. The van der Waals surface area contributed by atoms with E-state index >= 15 is 0 Å². The van der Waals surface area contributed by atoms with Gasteiger partial charge >= 0.3 is 5.97 Å². The average Bonchev–Trinajstić information content (AvgIpc) is 2.53. The summed E-state index contributed by atoms with van der Waals surface area (Å²) >= 11 is 0. The molecular weight excluding hydrogens is 274 g/mol. The summed E-state index contributed by atoms with van der Waals surface area (Å²) < 4.78 is 15.2. The predicted molar refractivity (Wildman–Crippen MR) is 77.4 cm³/mol. The normalized spacial score (nSPS) is 9.86. The summed E-state index contributed by atoms with van der Waals surface area (Å²) in [5, 5.41) is 0. The Morgan fingerprint density at radius 3 is 2.38 bits per heavy atom. The van der Waals surface area contributed by atoms with E-state index in [0.29, 0.717) is 24.6 Å². The van der Waals surface area contributed by atoms with Gasteiger partial charge in [0, 0.05) is 13.1 Å². The second-order valence-corrected chi connectivity index (χ2v) is 4.24. The van der Waals surface area contributed by atoms with Crippen LogP contribution in [0.2, 0.25) is 0 Å². The fourth-order valence-electron chi connectivity index (χ4n) is 1.76. The molecule has 0 saturated carbocycles. The van der Waals surface area contributed by atoms with Crippen molar-refractivity contribution in [2.75, 3.05) is 33.9 Å². The highest BCUT2D eigenvalue weighted by molar-refractivity contribution is 5.78. The van der Waals surface area contributed by atoms with Crippen molar-refractivity contribution in [3.63, 3.8) is 0 Å². The molecule has 0 aliphatic heterocycles. The first kappa shape index (κ1) is 16.8. The molecule has 6 heteroatoms. The van der Waals surface area contributed by atoms with Crippen molar-refractivity contribution in [2.45, 2.75) is 13.3 Å². The Balaban J connectivity index is 2.52. The topological polar surface area (TPSA) is 65.1 Å². The summed E-state index contributed by atoms with van der Waals surface area (Å²) in [6.07, 6.45) is 0.171. The number of esters is 1. The number of amides is 1. The van der Waals surface area contributed by atoms with Gasteiger partial charge in [0.05, 0.1) is 20.6 Å². The highest BCUT2D eigenvalue weighted by Crippen LogP contribution is 2.25. The Morgan fingerprint density at radius 1 is 1.14 bits per heavy atom. The third-order valence-corrected chi connectivity index (χ3v) is 2.97. The van der Waals surface area contributed by atoms with Crippen molar-refractivity contribution in [1.29, 1.82) is 0 Å². The molecule has 0 aromatic heterocycles. The molecule has 0 aliphatic carbocycles. The number of rotatable bonds is 8. The summed E-state index contributed by atoms with van der Waals surface area (Å²) in [6, 6.07) is 7.12. The molecule has 0 radical (unpaired) electrons. The second-order valence-electron chi connectivity index (χ2n) is 4.24. The van der Waals surface area contributed by atoms with Crippen molar-refractivity contribution in [3.05, 3.63) is 24.3 Å². The van der Waals surface area contributed by atoms with E-state index in [9.17, 15) is 9.59 Å². The number of hydrogen-bond donors (Lipinski definition) is 0. The number of ether oxygens (including phenoxy) is 3. The molecule has 0 bridgehead atoms. The van der Waals surface area contributed by atoms with E-state index in [1.54, 1.807) is 30.2 Å². The third kappa shape index (κ3) is 5.33. The second kappa shape index (κ2) is 8.84. The number of para-hydroxylation sites is 2. The Kier molecular flexibility index (Phi) is 7.08. The molecule has 21 heavy (non-hydrogen) atoms. The van der Waals surface area contributed by atoms with Crippen LogP contribution in [0.15, 0.2) is 24.3 Å². The minimum atomic E-state index is -0.341. The van der Waals surface area contributed by atoms with E-state index in [1.807, 2.05) is 13.0 Å². The van der Waals surface area contributed by atoms with Crippen molar-refractivity contribution < 1.29 is 23.8 Å². The van der Waals surface area contributed by atoms with Gasteiger partial charge in [0.15, 0.2) is 18.1 Å². The van der Waals surface area contributed by atoms with Gasteiger partial charge in [0.2, 0.25) is 0 Å². The van der Waals surface area contributed by atoms with E-state index in [4.69, 9.17) is 9.47 Å². The zero-order chi connectivity index (χ0) is 15.7. The van der Waals surface area contributed by atoms with Gasteiger partial charge in [-0.05, 0) is 19.1 Å². The maximum Gasteiger partial charge on any atom is 0.307 e. The first-order valence-electron chi connectivity index (χ1n) is 6.72. The molecule has 116 valence electrons. The van der Waals surface area contributed by atoms with Gasteiger partial charge in [-0.25, -0.2) is 0 Å². The molecule has 0 spiro atoms. The van der Waals surface area contributed by atoms with Crippen LogP contribution in [0.25, 0.3) is 0 Å². The van der Waals surface area contributed by atoms with Crippen LogP contribution in [-0.2, 0) is 14.3 Å². The van der Waals surface area contributed by atoms with Gasteiger partial charge < -0.3 is 19.1 Å². The van der Waals surface area contributed by atoms with Crippen LogP contribution in [-0.4, -0.2) is 50.7 Å². The van der Waals surface area contributed by atoms with Crippen molar-refractivity contribution in [1.82, 2.24) is 4.90 Å². The molecule has 0 saturated heterocycles. The maximum atomic E-state index is 12.1. The van der Waals surface area contributed by atoms with Gasteiger partial charge in [0.25, 0.3) is 5.91 Å². The van der Waals surface area contributed by atoms with Crippen LogP contribution in [0.4, 0.5) is 0 Å². The molecular formula is C15H21NO5. The Hall–Kier alpha value is -2.24. The van der Waals surface area contributed by atoms with Crippen molar-refractivity contribution in [3.8, 4) is 11.5 Å². The lowest BCUT2D eigenvalue weighted by Crippen LogP contribution is -2.36. The van der Waals surface area contributed by atoms with Crippen molar-refractivity contribution in [2.24, 2.45) is 0 Å². The Morgan fingerprint density at radius 2 is 1.81 bits per heavy atom. The van der Waals surface area contributed by atoms with Gasteiger partial charge in [0.1, 0.15) is 0 Å². The zero-order valence-corrected chi connectivity index (χ0v) is 12.6. The van der Waals surface area contributed by atoms with Gasteiger partial charge in [-0.2, -0.15) is 0 Å². The number of carbonyl (C=O) groups excluding carboxylic acids is 2. The van der Waals surface area contributed by atoms with Gasteiger partial charge in [-0.1, -0.05) is 12.1 Å². The van der Waals surface area contributed by atoms with Gasteiger partial charge in [-0.15, -0.1) is 0 Å². The molecule has 0 heterocycles. The molecule has 0 N–H and O–H groups in total. The van der Waals surface area contributed by atoms with Crippen LogP contribution in [0.5, 0.6) is 11.5 Å². The molecule has 0 fully saturated rings. The Labute approximate surface area is 124 Å². The SMILES string of the molecule is CCN(CCC(=O)OC)C(=O)COc1ccccc1OC. The standard InChI is InChI=1S/C15H21NO5/c1-4-16(10-9-15(18)20-3)14(17)11-21-13-8-6-5-7-12(13)19-2/h5-8H,4,9-11H2,1-3H3. The third-order valence-electron chi connectivity index (χ3n) is 2.97. The summed E-state index contributed by atoms with van der Waals surface area (Å²) in [4.78, 5) is 24.7. The first-order valence-corrected chi connectivity index (χ1v) is 6.72. The van der Waals surface area contributed by atoms with E-state index in [-0.39, 0.29) is 24.9 Å². The minimum Gasteiger partial charge on any atom is -0.493 e. The number of benzene rings is 1. The number of hydrogen-bond acceptors (Lipinski definition) is 5. The molecule has 1 aromatic carbocycles. The van der Waals surface area contributed by atoms with Crippen molar-refractivity contribution >= 4 is 11.9 Å². The smallest absolute Gasteiger partial charge is 0.307 e. The summed E-state index contributed by atoms with van der Waals surface area (Å²) in [5.41, 5.74) is 0. The number of nitrogens with zero attached hydrogens (tertiary/aromatic N) is 1. The lowest BCUT2D eigenvalue weighted by molar-refractivity contribution is -0.142. The van der Waals surface area contributed by atoms with E-state index < -0.39 is 0 Å². The summed E-state index contributed by atoms with van der Waals surface area (Å²) in [5.74, 6) is 0.555. The number of carbonyl (C=O) groups is 2. The van der Waals surface area contributed by atoms with Crippen LogP contribution < -0.4 is 9.47 Å². The van der Waals surface area contributed by atoms with Crippen LogP contribution in [0, 0.1) is 0 Å². The monoisotopic (exact) mass is 295 g/mol. The lowest BCUT2D eigenvalue weighted by atomic mass is 10.3. The zero-order valence-electron chi connectivity index (χ0n) is 12.6. The average molecular weight is 295 g/mol. The molecule has 6 nitrogen and oxygen atoms in total. The van der Waals surface area contributed by atoms with E-state index in [2.05, 4.69) is 4.74 Å². The molecule has 1 amide bonds. The highest BCUT2D eigenvalue weighted by atomic mass is 16.5. The van der Waals surface area contributed by atoms with Gasteiger partial charge in [-0.3, -0.25) is 9.59 Å². The Bertz CT molecular complexity index is 475. The minimum absolute atomic E-state index is 0.102. The first-order chi connectivity index (χ1) is 10.1. The summed E-state index contributed by atoms with van der Waals surface area (Å²) in [7, 11) is 2.87.